The second-order valence-electron chi connectivity index (χ2n) is 7.28. The van der Waals surface area contributed by atoms with E-state index in [9.17, 15) is 0 Å². The fourth-order valence-corrected chi connectivity index (χ4v) is 3.39. The van der Waals surface area contributed by atoms with Gasteiger partial charge in [-0.25, -0.2) is 0 Å². The third-order valence-corrected chi connectivity index (χ3v) is 3.46. The van der Waals surface area contributed by atoms with Crippen molar-refractivity contribution in [3.63, 3.8) is 0 Å². The Balaban J connectivity index is 2.44. The summed E-state index contributed by atoms with van der Waals surface area (Å²) >= 11 is 0. The Kier molecular flexibility index (Phi) is 3.08. The molecule has 0 saturated carbocycles. The van der Waals surface area contributed by atoms with Crippen LogP contribution in [0.2, 0.25) is 0 Å². The van der Waals surface area contributed by atoms with E-state index >= 15 is 0 Å². The molecule has 0 fully saturated rings. The third-order valence-electron chi connectivity index (χ3n) is 3.46. The molecular formula is C16H24O2. The van der Waals surface area contributed by atoms with Crippen LogP contribution in [0, 0.1) is 10.8 Å². The van der Waals surface area contributed by atoms with E-state index in [0.717, 1.165) is 11.5 Å². The van der Waals surface area contributed by atoms with Crippen molar-refractivity contribution in [2.45, 2.75) is 47.5 Å². The van der Waals surface area contributed by atoms with Gasteiger partial charge in [-0.3, -0.25) is 0 Å². The Labute approximate surface area is 110 Å². The lowest BCUT2D eigenvalue weighted by Gasteiger charge is -2.41. The zero-order valence-electron chi connectivity index (χ0n) is 12.3. The monoisotopic (exact) mass is 248 g/mol. The minimum Gasteiger partial charge on any atom is -0.454 e. The van der Waals surface area contributed by atoms with Gasteiger partial charge in [0.2, 0.25) is 6.79 Å². The minimum atomic E-state index is 0.214. The molecule has 0 aliphatic carbocycles. The van der Waals surface area contributed by atoms with Crippen LogP contribution in [-0.2, 0) is 0 Å². The van der Waals surface area contributed by atoms with Gasteiger partial charge in [0.25, 0.3) is 0 Å². The molecule has 0 atom stereocenters. The van der Waals surface area contributed by atoms with E-state index in [1.165, 1.54) is 5.56 Å². The average Bonchev–Trinajstić information content (AvgIpc) is 2.59. The van der Waals surface area contributed by atoms with Gasteiger partial charge in [-0.2, -0.15) is 0 Å². The smallest absolute Gasteiger partial charge is 0.231 e. The van der Waals surface area contributed by atoms with Crippen LogP contribution < -0.4 is 9.47 Å². The number of hydrogen-bond donors (Lipinski definition) is 0. The van der Waals surface area contributed by atoms with Gasteiger partial charge in [0.1, 0.15) is 0 Å². The zero-order chi connectivity index (χ0) is 13.6. The highest BCUT2D eigenvalue weighted by Gasteiger charge is 2.36. The summed E-state index contributed by atoms with van der Waals surface area (Å²) in [7, 11) is 0. The van der Waals surface area contributed by atoms with Crippen molar-refractivity contribution in [3.8, 4) is 11.5 Å². The summed E-state index contributed by atoms with van der Waals surface area (Å²) in [4.78, 5) is 0. The standard InChI is InChI=1S/C16H24O2/c1-15(2,3)14(16(4,5)6)11-7-8-12-13(9-11)18-10-17-12/h7-9,14H,10H2,1-6H3. The van der Waals surface area contributed by atoms with Crippen molar-refractivity contribution in [3.05, 3.63) is 23.8 Å². The summed E-state index contributed by atoms with van der Waals surface area (Å²) in [6.45, 7) is 14.1. The maximum atomic E-state index is 5.49. The topological polar surface area (TPSA) is 18.5 Å². The summed E-state index contributed by atoms with van der Waals surface area (Å²) in [6, 6.07) is 6.35. The average molecular weight is 248 g/mol. The largest absolute Gasteiger partial charge is 0.454 e. The van der Waals surface area contributed by atoms with Gasteiger partial charge in [-0.1, -0.05) is 47.6 Å². The number of rotatable bonds is 1. The molecule has 100 valence electrons. The van der Waals surface area contributed by atoms with Gasteiger partial charge >= 0.3 is 0 Å². The van der Waals surface area contributed by atoms with Crippen LogP contribution in [0.15, 0.2) is 18.2 Å². The lowest BCUT2D eigenvalue weighted by atomic mass is 9.63. The van der Waals surface area contributed by atoms with Crippen molar-refractivity contribution in [2.75, 3.05) is 6.79 Å². The molecule has 0 amide bonds. The van der Waals surface area contributed by atoms with Crippen LogP contribution in [0.25, 0.3) is 0 Å². The van der Waals surface area contributed by atoms with Crippen LogP contribution in [0.5, 0.6) is 11.5 Å². The summed E-state index contributed by atoms with van der Waals surface area (Å²) in [6.07, 6.45) is 0. The lowest BCUT2D eigenvalue weighted by Crippen LogP contribution is -2.30. The van der Waals surface area contributed by atoms with Gasteiger partial charge in [0.05, 0.1) is 0 Å². The van der Waals surface area contributed by atoms with E-state index in [0.29, 0.717) is 12.7 Å². The molecule has 2 rings (SSSR count). The first-order chi connectivity index (χ1) is 8.19. The van der Waals surface area contributed by atoms with Crippen LogP contribution >= 0.6 is 0 Å². The molecule has 18 heavy (non-hydrogen) atoms. The van der Waals surface area contributed by atoms with Gasteiger partial charge < -0.3 is 9.47 Å². The van der Waals surface area contributed by atoms with Crippen LogP contribution in [0.3, 0.4) is 0 Å². The number of benzene rings is 1. The molecule has 0 aromatic heterocycles. The van der Waals surface area contributed by atoms with Crippen molar-refractivity contribution in [1.82, 2.24) is 0 Å². The van der Waals surface area contributed by atoms with E-state index in [-0.39, 0.29) is 10.8 Å². The van der Waals surface area contributed by atoms with Crippen molar-refractivity contribution < 1.29 is 9.47 Å². The SMILES string of the molecule is CC(C)(C)C(c1ccc2c(c1)OCO2)C(C)(C)C. The summed E-state index contributed by atoms with van der Waals surface area (Å²) in [5, 5.41) is 0. The molecule has 1 aromatic rings. The fourth-order valence-electron chi connectivity index (χ4n) is 3.39. The molecule has 2 heteroatoms. The van der Waals surface area contributed by atoms with E-state index < -0.39 is 0 Å². The maximum absolute atomic E-state index is 5.49. The Morgan fingerprint density at radius 3 is 2.00 bits per heavy atom. The summed E-state index contributed by atoms with van der Waals surface area (Å²) < 4.78 is 10.9. The highest BCUT2D eigenvalue weighted by molar-refractivity contribution is 5.46. The van der Waals surface area contributed by atoms with Crippen molar-refractivity contribution in [1.29, 1.82) is 0 Å². The van der Waals surface area contributed by atoms with Gasteiger partial charge in [0, 0.05) is 0 Å². The summed E-state index contributed by atoms with van der Waals surface area (Å²) in [5.41, 5.74) is 1.76. The second-order valence-corrected chi connectivity index (χ2v) is 7.28. The molecular weight excluding hydrogens is 224 g/mol. The highest BCUT2D eigenvalue weighted by Crippen LogP contribution is 2.49. The van der Waals surface area contributed by atoms with Gasteiger partial charge in [-0.15, -0.1) is 0 Å². The maximum Gasteiger partial charge on any atom is 0.231 e. The van der Waals surface area contributed by atoms with Gasteiger partial charge in [-0.05, 0) is 34.4 Å². The Hall–Kier alpha value is -1.18. The first kappa shape index (κ1) is 13.3. The molecule has 1 heterocycles. The molecule has 0 bridgehead atoms. The number of hydrogen-bond acceptors (Lipinski definition) is 2. The molecule has 0 spiro atoms. The van der Waals surface area contributed by atoms with Crippen LogP contribution in [-0.4, -0.2) is 6.79 Å². The Morgan fingerprint density at radius 1 is 0.889 bits per heavy atom. The van der Waals surface area contributed by atoms with E-state index in [4.69, 9.17) is 9.47 Å². The molecule has 0 radical (unpaired) electrons. The quantitative estimate of drug-likeness (QED) is 0.723. The predicted molar refractivity (Wildman–Crippen MR) is 74.2 cm³/mol. The lowest BCUT2D eigenvalue weighted by molar-refractivity contribution is 0.171. The zero-order valence-corrected chi connectivity index (χ0v) is 12.3. The van der Waals surface area contributed by atoms with E-state index in [1.807, 2.05) is 6.07 Å². The van der Waals surface area contributed by atoms with E-state index in [2.05, 4.69) is 53.7 Å². The predicted octanol–water partition coefficient (Wildman–Crippen LogP) is 4.59. The molecule has 0 saturated heterocycles. The number of ether oxygens (including phenoxy) is 2. The van der Waals surface area contributed by atoms with Crippen molar-refractivity contribution >= 4 is 0 Å². The molecule has 1 aromatic carbocycles. The Morgan fingerprint density at radius 2 is 1.44 bits per heavy atom. The second kappa shape index (κ2) is 4.18. The molecule has 1 aliphatic rings. The summed E-state index contributed by atoms with van der Waals surface area (Å²) in [5.74, 6) is 2.21. The number of fused-ring (bicyclic) bond motifs is 1. The molecule has 1 aliphatic heterocycles. The third kappa shape index (κ3) is 2.47. The molecule has 2 nitrogen and oxygen atoms in total. The normalized spacial score (nSPS) is 15.3. The van der Waals surface area contributed by atoms with E-state index in [1.54, 1.807) is 0 Å². The Bertz CT molecular complexity index is 421. The first-order valence-corrected chi connectivity index (χ1v) is 6.59. The highest BCUT2D eigenvalue weighted by atomic mass is 16.7. The molecule has 0 N–H and O–H groups in total. The van der Waals surface area contributed by atoms with Gasteiger partial charge in [0.15, 0.2) is 11.5 Å². The molecule has 0 unspecified atom stereocenters. The fraction of sp³-hybridized carbons (Fsp3) is 0.625. The first-order valence-electron chi connectivity index (χ1n) is 6.59. The van der Waals surface area contributed by atoms with Crippen LogP contribution in [0.4, 0.5) is 0 Å². The van der Waals surface area contributed by atoms with Crippen LogP contribution in [0.1, 0.15) is 53.0 Å². The van der Waals surface area contributed by atoms with Crippen molar-refractivity contribution in [2.24, 2.45) is 10.8 Å². The minimum absolute atomic E-state index is 0.214.